The van der Waals surface area contributed by atoms with Gasteiger partial charge in [-0.3, -0.25) is 0 Å². The summed E-state index contributed by atoms with van der Waals surface area (Å²) in [4.78, 5) is 4.29. The quantitative estimate of drug-likeness (QED) is 0.857. The minimum atomic E-state index is -0.794. The van der Waals surface area contributed by atoms with Crippen LogP contribution in [0.1, 0.15) is 43.7 Å². The number of nitrogens with two attached hydrogens (primary N) is 1. The highest BCUT2D eigenvalue weighted by Gasteiger charge is 2.29. The van der Waals surface area contributed by atoms with E-state index >= 15 is 0 Å². The Morgan fingerprint density at radius 2 is 2.00 bits per heavy atom. The first kappa shape index (κ1) is 13.7. The van der Waals surface area contributed by atoms with Gasteiger partial charge in [0.1, 0.15) is 6.10 Å². The molecule has 0 spiro atoms. The summed E-state index contributed by atoms with van der Waals surface area (Å²) < 4.78 is 5.12. The van der Waals surface area contributed by atoms with E-state index in [-0.39, 0.29) is 11.3 Å². The van der Waals surface area contributed by atoms with E-state index in [0.29, 0.717) is 18.8 Å². The van der Waals surface area contributed by atoms with Crippen LogP contribution in [0.2, 0.25) is 0 Å². The third-order valence-electron chi connectivity index (χ3n) is 3.22. The lowest BCUT2D eigenvalue weighted by Crippen LogP contribution is -2.20. The molecule has 3 N–H and O–H groups in total. The topological polar surface area (TPSA) is 85.2 Å². The summed E-state index contributed by atoms with van der Waals surface area (Å²) in [6.45, 7) is 4.42. The Morgan fingerprint density at radius 3 is 2.63 bits per heavy atom. The lowest BCUT2D eigenvalue weighted by molar-refractivity contribution is 0.127. The average molecular weight is 261 g/mol. The minimum Gasteiger partial charge on any atom is -0.383 e. The van der Waals surface area contributed by atoms with E-state index < -0.39 is 6.10 Å². The molecule has 5 nitrogen and oxygen atoms in total. The SMILES string of the molecule is CC(C)(c1ccccc1)c1noc([C@@H](O)CCN)n1. The maximum Gasteiger partial charge on any atom is 0.255 e. The van der Waals surface area contributed by atoms with Crippen molar-refractivity contribution < 1.29 is 9.63 Å². The van der Waals surface area contributed by atoms with Gasteiger partial charge in [0.15, 0.2) is 5.82 Å². The summed E-state index contributed by atoms with van der Waals surface area (Å²) in [6, 6.07) is 9.95. The number of rotatable bonds is 5. The molecule has 102 valence electrons. The Labute approximate surface area is 112 Å². The zero-order valence-corrected chi connectivity index (χ0v) is 11.2. The largest absolute Gasteiger partial charge is 0.383 e. The molecule has 0 aliphatic heterocycles. The Bertz CT molecular complexity index is 522. The number of aliphatic hydroxyl groups excluding tert-OH is 1. The predicted octanol–water partition coefficient (Wildman–Crippen LogP) is 1.78. The van der Waals surface area contributed by atoms with E-state index in [1.54, 1.807) is 0 Å². The van der Waals surface area contributed by atoms with Crippen molar-refractivity contribution in [3.63, 3.8) is 0 Å². The average Bonchev–Trinajstić information content (AvgIpc) is 2.90. The molecule has 0 aliphatic rings. The standard InChI is InChI=1S/C14H19N3O2/c1-14(2,10-6-4-3-5-7-10)13-16-12(19-17-13)11(18)8-9-15/h3-7,11,18H,8-9,15H2,1-2H3/t11-/m0/s1. The van der Waals surface area contributed by atoms with Gasteiger partial charge in [-0.05, 0) is 32.4 Å². The van der Waals surface area contributed by atoms with Crippen molar-refractivity contribution >= 4 is 0 Å². The highest BCUT2D eigenvalue weighted by atomic mass is 16.5. The van der Waals surface area contributed by atoms with E-state index in [9.17, 15) is 5.11 Å². The van der Waals surface area contributed by atoms with Crippen molar-refractivity contribution in [1.29, 1.82) is 0 Å². The van der Waals surface area contributed by atoms with Crippen molar-refractivity contribution in [2.75, 3.05) is 6.54 Å². The minimum absolute atomic E-state index is 0.226. The Morgan fingerprint density at radius 1 is 1.32 bits per heavy atom. The molecule has 5 heteroatoms. The third-order valence-corrected chi connectivity index (χ3v) is 3.22. The summed E-state index contributed by atoms with van der Waals surface area (Å²) in [5.41, 5.74) is 6.12. The van der Waals surface area contributed by atoms with Crippen molar-refractivity contribution in [1.82, 2.24) is 10.1 Å². The van der Waals surface area contributed by atoms with Crippen LogP contribution < -0.4 is 5.73 Å². The van der Waals surface area contributed by atoms with E-state index in [2.05, 4.69) is 10.1 Å². The Balaban J connectivity index is 2.27. The molecule has 1 heterocycles. The van der Waals surface area contributed by atoms with Crippen molar-refractivity contribution in [3.8, 4) is 0 Å². The summed E-state index contributed by atoms with van der Waals surface area (Å²) >= 11 is 0. The predicted molar refractivity (Wildman–Crippen MR) is 71.5 cm³/mol. The summed E-state index contributed by atoms with van der Waals surface area (Å²) in [6.07, 6.45) is -0.384. The van der Waals surface area contributed by atoms with Gasteiger partial charge in [0.05, 0.1) is 5.41 Å². The van der Waals surface area contributed by atoms with Crippen LogP contribution in [0, 0.1) is 0 Å². The molecule has 0 fully saturated rings. The van der Waals surface area contributed by atoms with Gasteiger partial charge in [0.2, 0.25) is 0 Å². The molecular weight excluding hydrogens is 242 g/mol. The fourth-order valence-electron chi connectivity index (χ4n) is 1.89. The number of hydrogen-bond donors (Lipinski definition) is 2. The van der Waals surface area contributed by atoms with Crippen LogP contribution >= 0.6 is 0 Å². The van der Waals surface area contributed by atoms with E-state index in [4.69, 9.17) is 10.3 Å². The van der Waals surface area contributed by atoms with Gasteiger partial charge in [-0.25, -0.2) is 0 Å². The van der Waals surface area contributed by atoms with Crippen molar-refractivity contribution in [2.24, 2.45) is 5.73 Å². The zero-order valence-electron chi connectivity index (χ0n) is 11.2. The molecule has 0 saturated carbocycles. The van der Waals surface area contributed by atoms with Gasteiger partial charge in [0, 0.05) is 0 Å². The number of nitrogens with zero attached hydrogens (tertiary/aromatic N) is 2. The summed E-state index contributed by atoms with van der Waals surface area (Å²) in [7, 11) is 0. The molecule has 0 amide bonds. The first-order valence-electron chi connectivity index (χ1n) is 6.33. The molecule has 1 atom stereocenters. The normalized spacial score (nSPS) is 13.5. The maximum absolute atomic E-state index is 9.79. The molecule has 19 heavy (non-hydrogen) atoms. The molecule has 1 aromatic carbocycles. The smallest absolute Gasteiger partial charge is 0.255 e. The molecule has 0 saturated heterocycles. The fraction of sp³-hybridized carbons (Fsp3) is 0.429. The van der Waals surface area contributed by atoms with Crippen LogP contribution in [0.3, 0.4) is 0 Å². The maximum atomic E-state index is 9.79. The molecule has 2 rings (SSSR count). The first-order chi connectivity index (χ1) is 9.05. The third kappa shape index (κ3) is 2.83. The Kier molecular flexibility index (Phi) is 3.97. The second-order valence-electron chi connectivity index (χ2n) is 5.04. The highest BCUT2D eigenvalue weighted by Crippen LogP contribution is 2.29. The molecular formula is C14H19N3O2. The zero-order chi connectivity index (χ0) is 13.9. The number of benzene rings is 1. The van der Waals surface area contributed by atoms with Crippen LogP contribution in [0.15, 0.2) is 34.9 Å². The summed E-state index contributed by atoms with van der Waals surface area (Å²) in [5, 5.41) is 13.8. The van der Waals surface area contributed by atoms with E-state index in [1.807, 2.05) is 44.2 Å². The van der Waals surface area contributed by atoms with Crippen LogP contribution in [0.5, 0.6) is 0 Å². The molecule has 0 bridgehead atoms. The molecule has 0 radical (unpaired) electrons. The first-order valence-corrected chi connectivity index (χ1v) is 6.33. The molecule has 1 aromatic heterocycles. The lowest BCUT2D eigenvalue weighted by Gasteiger charge is -2.20. The number of aliphatic hydroxyl groups is 1. The Hall–Kier alpha value is -1.72. The lowest BCUT2D eigenvalue weighted by atomic mass is 9.84. The van der Waals surface area contributed by atoms with E-state index in [1.165, 1.54) is 0 Å². The second kappa shape index (κ2) is 5.50. The van der Waals surface area contributed by atoms with Crippen LogP contribution in [-0.2, 0) is 5.41 Å². The molecule has 0 aliphatic carbocycles. The van der Waals surface area contributed by atoms with Crippen molar-refractivity contribution in [3.05, 3.63) is 47.6 Å². The van der Waals surface area contributed by atoms with Gasteiger partial charge in [0.25, 0.3) is 5.89 Å². The fourth-order valence-corrected chi connectivity index (χ4v) is 1.89. The van der Waals surface area contributed by atoms with Crippen molar-refractivity contribution in [2.45, 2.75) is 31.8 Å². The van der Waals surface area contributed by atoms with Gasteiger partial charge < -0.3 is 15.4 Å². The van der Waals surface area contributed by atoms with Gasteiger partial charge in [-0.15, -0.1) is 0 Å². The second-order valence-corrected chi connectivity index (χ2v) is 5.04. The van der Waals surface area contributed by atoms with Gasteiger partial charge in [-0.2, -0.15) is 4.98 Å². The monoisotopic (exact) mass is 261 g/mol. The van der Waals surface area contributed by atoms with Gasteiger partial charge in [-0.1, -0.05) is 35.5 Å². The number of hydrogen-bond acceptors (Lipinski definition) is 5. The van der Waals surface area contributed by atoms with E-state index in [0.717, 1.165) is 5.56 Å². The molecule has 0 unspecified atom stereocenters. The van der Waals surface area contributed by atoms with Crippen LogP contribution in [0.4, 0.5) is 0 Å². The summed E-state index contributed by atoms with van der Waals surface area (Å²) in [5.74, 6) is 0.786. The van der Waals surface area contributed by atoms with Gasteiger partial charge >= 0.3 is 0 Å². The van der Waals surface area contributed by atoms with Crippen LogP contribution in [-0.4, -0.2) is 21.8 Å². The number of aromatic nitrogens is 2. The molecule has 2 aromatic rings. The highest BCUT2D eigenvalue weighted by molar-refractivity contribution is 5.30. The van der Waals surface area contributed by atoms with Crippen LogP contribution in [0.25, 0.3) is 0 Å².